The van der Waals surface area contributed by atoms with Gasteiger partial charge in [0, 0.05) is 34.5 Å². The normalized spacial score (nSPS) is 19.8. The molecular weight excluding hydrogens is 404 g/mol. The van der Waals surface area contributed by atoms with Gasteiger partial charge < -0.3 is 20.3 Å². The molecule has 3 N–H and O–H groups in total. The van der Waals surface area contributed by atoms with Crippen molar-refractivity contribution in [3.05, 3.63) is 51.2 Å². The van der Waals surface area contributed by atoms with Crippen LogP contribution in [0.4, 0.5) is 4.79 Å². The molecule has 1 saturated heterocycles. The van der Waals surface area contributed by atoms with Gasteiger partial charge in [0.2, 0.25) is 5.54 Å². The van der Waals surface area contributed by atoms with Crippen LogP contribution >= 0.6 is 11.3 Å². The van der Waals surface area contributed by atoms with E-state index in [-0.39, 0.29) is 12.5 Å². The highest BCUT2D eigenvalue weighted by Crippen LogP contribution is 2.28. The number of ether oxygens (including phenoxy) is 1. The van der Waals surface area contributed by atoms with Crippen LogP contribution in [-0.4, -0.2) is 49.0 Å². The number of carbonyl (C=O) groups excluding carboxylic acids is 3. The first-order chi connectivity index (χ1) is 14.4. The highest BCUT2D eigenvalue weighted by Gasteiger charge is 2.48. The highest BCUT2D eigenvalue weighted by molar-refractivity contribution is 7.10. The van der Waals surface area contributed by atoms with Crippen LogP contribution in [0.25, 0.3) is 0 Å². The molecule has 2 aliphatic heterocycles. The van der Waals surface area contributed by atoms with Crippen LogP contribution in [0.15, 0.2) is 29.6 Å². The molecule has 0 saturated carbocycles. The Labute approximate surface area is 177 Å². The van der Waals surface area contributed by atoms with Crippen molar-refractivity contribution >= 4 is 29.2 Å². The molecule has 0 spiro atoms. The third kappa shape index (κ3) is 3.63. The van der Waals surface area contributed by atoms with E-state index in [0.29, 0.717) is 17.9 Å². The third-order valence-electron chi connectivity index (χ3n) is 4.99. The number of hydrogen-bond acceptors (Lipinski definition) is 6. The maximum absolute atomic E-state index is 12.9. The minimum Gasteiger partial charge on any atom is -0.497 e. The predicted octanol–water partition coefficient (Wildman–Crippen LogP) is 1.06. The van der Waals surface area contributed by atoms with Gasteiger partial charge in [0.1, 0.15) is 5.75 Å². The van der Waals surface area contributed by atoms with Crippen molar-refractivity contribution in [2.24, 2.45) is 0 Å². The molecule has 2 aromatic rings. The van der Waals surface area contributed by atoms with Crippen LogP contribution < -0.4 is 20.7 Å². The fraction of sp³-hybridized carbons (Fsp3) is 0.286. The van der Waals surface area contributed by atoms with Gasteiger partial charge in [-0.1, -0.05) is 17.9 Å². The summed E-state index contributed by atoms with van der Waals surface area (Å²) in [6.45, 7) is 0.995. The molecule has 1 aromatic heterocycles. The first kappa shape index (κ1) is 19.9. The summed E-state index contributed by atoms with van der Waals surface area (Å²) < 4.78 is 5.20. The van der Waals surface area contributed by atoms with Crippen molar-refractivity contribution < 1.29 is 19.1 Å². The number of methoxy groups -OCH3 is 1. The molecule has 8 nitrogen and oxygen atoms in total. The van der Waals surface area contributed by atoms with Gasteiger partial charge in [-0.3, -0.25) is 14.9 Å². The lowest BCUT2D eigenvalue weighted by Crippen LogP contribution is -2.54. The van der Waals surface area contributed by atoms with E-state index < -0.39 is 17.5 Å². The van der Waals surface area contributed by atoms with Gasteiger partial charge in [-0.25, -0.2) is 4.79 Å². The van der Waals surface area contributed by atoms with E-state index in [9.17, 15) is 14.4 Å². The predicted molar refractivity (Wildman–Crippen MR) is 111 cm³/mol. The SMILES string of the molecule is CNCc1cc(C#C[C@@]2(CN3Cc4ccc(OC)cc4C3=O)NC(=O)NC2=O)cs1. The highest BCUT2D eigenvalue weighted by atomic mass is 32.1. The van der Waals surface area contributed by atoms with Gasteiger partial charge >= 0.3 is 6.03 Å². The first-order valence-corrected chi connectivity index (χ1v) is 10.2. The maximum atomic E-state index is 12.9. The molecule has 4 amide bonds. The van der Waals surface area contributed by atoms with E-state index in [1.54, 1.807) is 23.5 Å². The Morgan fingerprint density at radius 3 is 2.83 bits per heavy atom. The molecule has 1 aromatic carbocycles. The van der Waals surface area contributed by atoms with E-state index in [1.807, 2.05) is 24.6 Å². The van der Waals surface area contributed by atoms with E-state index in [2.05, 4.69) is 27.8 Å². The molecule has 0 aliphatic carbocycles. The summed E-state index contributed by atoms with van der Waals surface area (Å²) in [5, 5.41) is 9.82. The zero-order valence-electron chi connectivity index (χ0n) is 16.5. The lowest BCUT2D eigenvalue weighted by Gasteiger charge is -2.26. The van der Waals surface area contributed by atoms with Crippen molar-refractivity contribution in [2.75, 3.05) is 20.7 Å². The summed E-state index contributed by atoms with van der Waals surface area (Å²) in [7, 11) is 3.40. The number of thiophene rings is 1. The summed E-state index contributed by atoms with van der Waals surface area (Å²) in [4.78, 5) is 40.1. The number of nitrogens with one attached hydrogen (secondary N) is 3. The molecule has 1 atom stereocenters. The Kier molecular flexibility index (Phi) is 5.20. The van der Waals surface area contributed by atoms with Crippen molar-refractivity contribution in [1.82, 2.24) is 20.9 Å². The fourth-order valence-electron chi connectivity index (χ4n) is 3.50. The molecule has 1 fully saturated rings. The standard InChI is InChI=1S/C21H20N4O4S/c1-22-9-16-7-13(11-30-16)5-6-21(19(27)23-20(28)24-21)12-25-10-14-3-4-15(29-2)8-17(14)18(25)26/h3-4,7-8,11,22H,9-10,12H2,1-2H3,(H2,23,24,27,28)/t21-/m0/s1. The monoisotopic (exact) mass is 424 g/mol. The zero-order valence-corrected chi connectivity index (χ0v) is 17.3. The largest absolute Gasteiger partial charge is 0.497 e. The Bertz CT molecular complexity index is 1100. The summed E-state index contributed by atoms with van der Waals surface area (Å²) in [6, 6.07) is 6.60. The van der Waals surface area contributed by atoms with Crippen LogP contribution in [0.5, 0.6) is 5.75 Å². The smallest absolute Gasteiger partial charge is 0.323 e. The number of rotatable bonds is 5. The second kappa shape index (κ2) is 7.82. The van der Waals surface area contributed by atoms with Crippen molar-refractivity contribution in [3.8, 4) is 17.6 Å². The minimum absolute atomic E-state index is 0.0547. The Morgan fingerprint density at radius 1 is 1.30 bits per heavy atom. The van der Waals surface area contributed by atoms with E-state index in [1.165, 1.54) is 12.0 Å². The van der Waals surface area contributed by atoms with Gasteiger partial charge in [-0.15, -0.1) is 11.3 Å². The molecule has 0 bridgehead atoms. The maximum Gasteiger partial charge on any atom is 0.323 e. The zero-order chi connectivity index (χ0) is 21.3. The molecule has 2 aliphatic rings. The van der Waals surface area contributed by atoms with Crippen LogP contribution in [0, 0.1) is 11.8 Å². The molecular formula is C21H20N4O4S. The summed E-state index contributed by atoms with van der Waals surface area (Å²) >= 11 is 1.56. The van der Waals surface area contributed by atoms with Crippen molar-refractivity contribution in [1.29, 1.82) is 0 Å². The van der Waals surface area contributed by atoms with Crippen molar-refractivity contribution in [2.45, 2.75) is 18.6 Å². The summed E-state index contributed by atoms with van der Waals surface area (Å²) in [5.41, 5.74) is 0.600. The van der Waals surface area contributed by atoms with Gasteiger partial charge in [-0.05, 0) is 30.8 Å². The topological polar surface area (TPSA) is 99.8 Å². The Balaban J connectivity index is 1.61. The first-order valence-electron chi connectivity index (χ1n) is 9.29. The van der Waals surface area contributed by atoms with E-state index >= 15 is 0 Å². The Morgan fingerprint density at radius 2 is 2.13 bits per heavy atom. The molecule has 0 unspecified atom stereocenters. The average Bonchev–Trinajstić information content (AvgIpc) is 3.38. The second-order valence-corrected chi connectivity index (χ2v) is 8.08. The number of hydrogen-bond donors (Lipinski definition) is 3. The quantitative estimate of drug-likeness (QED) is 0.492. The summed E-state index contributed by atoms with van der Waals surface area (Å²) in [6.07, 6.45) is 0. The number of amides is 4. The van der Waals surface area contributed by atoms with Crippen LogP contribution in [-0.2, 0) is 17.9 Å². The van der Waals surface area contributed by atoms with Gasteiger partial charge in [0.25, 0.3) is 11.8 Å². The Hall–Kier alpha value is -3.35. The van der Waals surface area contributed by atoms with Crippen LogP contribution in [0.2, 0.25) is 0 Å². The molecule has 9 heteroatoms. The number of nitrogens with zero attached hydrogens (tertiary/aromatic N) is 1. The lowest BCUT2D eigenvalue weighted by atomic mass is 9.99. The van der Waals surface area contributed by atoms with Gasteiger partial charge in [-0.2, -0.15) is 0 Å². The van der Waals surface area contributed by atoms with Gasteiger partial charge in [0.15, 0.2) is 0 Å². The third-order valence-corrected chi connectivity index (χ3v) is 5.93. The average molecular weight is 424 g/mol. The van der Waals surface area contributed by atoms with Gasteiger partial charge in [0.05, 0.1) is 13.7 Å². The summed E-state index contributed by atoms with van der Waals surface area (Å²) in [5.74, 6) is 5.69. The number of benzene rings is 1. The number of urea groups is 1. The van der Waals surface area contributed by atoms with Crippen molar-refractivity contribution in [3.63, 3.8) is 0 Å². The lowest BCUT2D eigenvalue weighted by molar-refractivity contribution is -0.122. The number of imide groups is 1. The molecule has 4 rings (SSSR count). The molecule has 3 heterocycles. The van der Waals surface area contributed by atoms with E-state index in [4.69, 9.17) is 4.74 Å². The van der Waals surface area contributed by atoms with E-state index in [0.717, 1.165) is 22.5 Å². The van der Waals surface area contributed by atoms with Crippen LogP contribution in [0.3, 0.4) is 0 Å². The second-order valence-electron chi connectivity index (χ2n) is 7.08. The molecule has 154 valence electrons. The number of carbonyl (C=O) groups is 3. The molecule has 0 radical (unpaired) electrons. The molecule has 30 heavy (non-hydrogen) atoms. The van der Waals surface area contributed by atoms with Crippen LogP contribution in [0.1, 0.15) is 26.4 Å². The number of fused-ring (bicyclic) bond motifs is 1. The fourth-order valence-corrected chi connectivity index (χ4v) is 4.33. The minimum atomic E-state index is -1.51.